The third-order valence-electron chi connectivity index (χ3n) is 2.47. The lowest BCUT2D eigenvalue weighted by molar-refractivity contribution is 0.0922. The van der Waals surface area contributed by atoms with Gasteiger partial charge < -0.3 is 9.73 Å². The summed E-state index contributed by atoms with van der Waals surface area (Å²) in [6.45, 7) is 2.02. The molecule has 2 rings (SSSR count). The van der Waals surface area contributed by atoms with Crippen molar-refractivity contribution in [1.29, 1.82) is 0 Å². The number of benzene rings is 1. The topological polar surface area (TPSA) is 42.2 Å². The Morgan fingerprint density at radius 1 is 1.39 bits per heavy atom. The van der Waals surface area contributed by atoms with Crippen molar-refractivity contribution in [3.8, 4) is 0 Å². The number of furan rings is 1. The minimum absolute atomic E-state index is 0.237. The first kappa shape index (κ1) is 12.8. The minimum Gasteiger partial charge on any atom is -0.444 e. The molecule has 0 bridgehead atoms. The van der Waals surface area contributed by atoms with E-state index in [9.17, 15) is 9.18 Å². The van der Waals surface area contributed by atoms with Gasteiger partial charge in [-0.2, -0.15) is 0 Å². The molecule has 3 nitrogen and oxygen atoms in total. The molecule has 5 heteroatoms. The van der Waals surface area contributed by atoms with E-state index >= 15 is 0 Å². The highest BCUT2D eigenvalue weighted by Crippen LogP contribution is 2.14. The van der Waals surface area contributed by atoms with Gasteiger partial charge in [-0.05, 0) is 52.2 Å². The van der Waals surface area contributed by atoms with Crippen LogP contribution in [0.15, 0.2) is 39.4 Å². The van der Waals surface area contributed by atoms with Gasteiger partial charge in [0.25, 0.3) is 5.91 Å². The molecule has 1 aromatic carbocycles. The van der Waals surface area contributed by atoms with Gasteiger partial charge in [-0.1, -0.05) is 12.1 Å². The number of carbonyl (C=O) groups is 1. The van der Waals surface area contributed by atoms with Gasteiger partial charge in [0, 0.05) is 6.54 Å². The Bertz CT molecular complexity index is 580. The Morgan fingerprint density at radius 2 is 2.17 bits per heavy atom. The maximum atomic E-state index is 13.1. The summed E-state index contributed by atoms with van der Waals surface area (Å²) in [5.41, 5.74) is 1.40. The van der Waals surface area contributed by atoms with Crippen LogP contribution in [0.5, 0.6) is 0 Å². The van der Waals surface area contributed by atoms with Gasteiger partial charge >= 0.3 is 0 Å². The second-order valence-electron chi connectivity index (χ2n) is 3.87. The molecule has 2 aromatic rings. The quantitative estimate of drug-likeness (QED) is 0.943. The highest BCUT2D eigenvalue weighted by molar-refractivity contribution is 9.10. The first-order valence-corrected chi connectivity index (χ1v) is 6.14. The summed E-state index contributed by atoms with van der Waals surface area (Å²) < 4.78 is 18.7. The van der Waals surface area contributed by atoms with Crippen LogP contribution < -0.4 is 5.32 Å². The second kappa shape index (κ2) is 5.35. The SMILES string of the molecule is Cc1cc(CNC(=O)c2ccc(Br)o2)ccc1F. The van der Waals surface area contributed by atoms with Gasteiger partial charge in [0.05, 0.1) is 0 Å². The van der Waals surface area contributed by atoms with Crippen molar-refractivity contribution in [1.82, 2.24) is 5.32 Å². The normalized spacial score (nSPS) is 10.4. The maximum Gasteiger partial charge on any atom is 0.287 e. The van der Waals surface area contributed by atoms with Crippen LogP contribution in [0.3, 0.4) is 0 Å². The zero-order chi connectivity index (χ0) is 13.1. The van der Waals surface area contributed by atoms with E-state index in [1.54, 1.807) is 31.2 Å². The first-order chi connectivity index (χ1) is 8.56. The van der Waals surface area contributed by atoms with Crippen molar-refractivity contribution in [2.75, 3.05) is 0 Å². The monoisotopic (exact) mass is 311 g/mol. The Balaban J connectivity index is 1.99. The zero-order valence-electron chi connectivity index (χ0n) is 9.67. The van der Waals surface area contributed by atoms with Crippen molar-refractivity contribution in [2.45, 2.75) is 13.5 Å². The Labute approximate surface area is 112 Å². The lowest BCUT2D eigenvalue weighted by Crippen LogP contribution is -2.22. The molecule has 1 heterocycles. The summed E-state index contributed by atoms with van der Waals surface area (Å²) in [7, 11) is 0. The van der Waals surface area contributed by atoms with Gasteiger partial charge in [-0.3, -0.25) is 4.79 Å². The summed E-state index contributed by atoms with van der Waals surface area (Å²) in [4.78, 5) is 11.7. The molecule has 1 N–H and O–H groups in total. The molecular weight excluding hydrogens is 301 g/mol. The summed E-state index contributed by atoms with van der Waals surface area (Å²) in [5, 5.41) is 2.70. The molecule has 18 heavy (non-hydrogen) atoms. The van der Waals surface area contributed by atoms with E-state index in [4.69, 9.17) is 4.42 Å². The molecule has 0 saturated carbocycles. The largest absolute Gasteiger partial charge is 0.444 e. The lowest BCUT2D eigenvalue weighted by Gasteiger charge is -2.05. The lowest BCUT2D eigenvalue weighted by atomic mass is 10.1. The molecule has 1 aromatic heterocycles. The zero-order valence-corrected chi connectivity index (χ0v) is 11.3. The molecule has 0 unspecified atom stereocenters. The van der Waals surface area contributed by atoms with Crippen LogP contribution in [-0.2, 0) is 6.54 Å². The van der Waals surface area contributed by atoms with E-state index in [-0.39, 0.29) is 17.5 Å². The number of nitrogens with one attached hydrogen (secondary N) is 1. The van der Waals surface area contributed by atoms with E-state index in [0.717, 1.165) is 5.56 Å². The molecule has 0 fully saturated rings. The van der Waals surface area contributed by atoms with Crippen molar-refractivity contribution >= 4 is 21.8 Å². The van der Waals surface area contributed by atoms with Crippen molar-refractivity contribution in [3.63, 3.8) is 0 Å². The first-order valence-electron chi connectivity index (χ1n) is 5.35. The number of aryl methyl sites for hydroxylation is 1. The number of hydrogen-bond acceptors (Lipinski definition) is 2. The fraction of sp³-hybridized carbons (Fsp3) is 0.154. The average molecular weight is 312 g/mol. The molecule has 0 atom stereocenters. The number of amides is 1. The molecule has 0 aliphatic heterocycles. The number of halogens is 2. The highest BCUT2D eigenvalue weighted by Gasteiger charge is 2.09. The van der Waals surface area contributed by atoms with E-state index in [2.05, 4.69) is 21.2 Å². The second-order valence-corrected chi connectivity index (χ2v) is 4.65. The molecule has 0 saturated heterocycles. The Morgan fingerprint density at radius 3 is 2.78 bits per heavy atom. The van der Waals surface area contributed by atoms with Crippen LogP contribution in [0.2, 0.25) is 0 Å². The van der Waals surface area contributed by atoms with Crippen LogP contribution in [0, 0.1) is 12.7 Å². The molecular formula is C13H11BrFNO2. The standard InChI is InChI=1S/C13H11BrFNO2/c1-8-6-9(2-3-10(8)15)7-16-13(17)11-4-5-12(14)18-11/h2-6H,7H2,1H3,(H,16,17). The van der Waals surface area contributed by atoms with Crippen LogP contribution in [-0.4, -0.2) is 5.91 Å². The van der Waals surface area contributed by atoms with Crippen LogP contribution in [0.25, 0.3) is 0 Å². The number of hydrogen-bond donors (Lipinski definition) is 1. The van der Waals surface area contributed by atoms with Crippen LogP contribution >= 0.6 is 15.9 Å². The van der Waals surface area contributed by atoms with E-state index in [0.29, 0.717) is 16.8 Å². The smallest absolute Gasteiger partial charge is 0.287 e. The summed E-state index contributed by atoms with van der Waals surface area (Å²) in [5.74, 6) is -0.316. The summed E-state index contributed by atoms with van der Waals surface area (Å²) in [6.07, 6.45) is 0. The van der Waals surface area contributed by atoms with Crippen molar-refractivity contribution in [2.24, 2.45) is 0 Å². The average Bonchev–Trinajstić information content (AvgIpc) is 2.77. The molecule has 0 radical (unpaired) electrons. The summed E-state index contributed by atoms with van der Waals surface area (Å²) in [6, 6.07) is 7.96. The third-order valence-corrected chi connectivity index (χ3v) is 2.90. The Kier molecular flexibility index (Phi) is 3.81. The fourth-order valence-electron chi connectivity index (χ4n) is 1.52. The molecule has 0 aliphatic carbocycles. The van der Waals surface area contributed by atoms with Gasteiger partial charge in [0.1, 0.15) is 5.82 Å². The van der Waals surface area contributed by atoms with E-state index < -0.39 is 0 Å². The van der Waals surface area contributed by atoms with Crippen LogP contribution in [0.1, 0.15) is 21.7 Å². The molecule has 94 valence electrons. The van der Waals surface area contributed by atoms with E-state index in [1.165, 1.54) is 6.07 Å². The predicted octanol–water partition coefficient (Wildman–Crippen LogP) is 3.42. The number of rotatable bonds is 3. The number of carbonyl (C=O) groups excluding carboxylic acids is 1. The third kappa shape index (κ3) is 2.98. The fourth-order valence-corrected chi connectivity index (χ4v) is 1.83. The van der Waals surface area contributed by atoms with Gasteiger partial charge in [0.2, 0.25) is 0 Å². The molecule has 1 amide bonds. The van der Waals surface area contributed by atoms with Gasteiger partial charge in [0.15, 0.2) is 10.4 Å². The molecule has 0 spiro atoms. The van der Waals surface area contributed by atoms with E-state index in [1.807, 2.05) is 0 Å². The summed E-state index contributed by atoms with van der Waals surface area (Å²) >= 11 is 3.13. The predicted molar refractivity (Wildman–Crippen MR) is 68.7 cm³/mol. The molecule has 0 aliphatic rings. The Hall–Kier alpha value is -1.62. The van der Waals surface area contributed by atoms with Crippen molar-refractivity contribution in [3.05, 3.63) is 57.7 Å². The van der Waals surface area contributed by atoms with Gasteiger partial charge in [-0.15, -0.1) is 0 Å². The highest BCUT2D eigenvalue weighted by atomic mass is 79.9. The van der Waals surface area contributed by atoms with Gasteiger partial charge in [-0.25, -0.2) is 4.39 Å². The van der Waals surface area contributed by atoms with Crippen LogP contribution in [0.4, 0.5) is 4.39 Å². The van der Waals surface area contributed by atoms with Crippen molar-refractivity contribution < 1.29 is 13.6 Å². The minimum atomic E-state index is -0.303. The maximum absolute atomic E-state index is 13.1.